The average molecular weight is 509 g/mol. The molecular formula is C22H22Cl2N4O4S. The van der Waals surface area contributed by atoms with Crippen LogP contribution in [0.3, 0.4) is 0 Å². The van der Waals surface area contributed by atoms with Crippen LogP contribution in [0.1, 0.15) is 12.5 Å². The molecule has 0 aliphatic carbocycles. The van der Waals surface area contributed by atoms with E-state index in [1.165, 1.54) is 16.1 Å². The van der Waals surface area contributed by atoms with Crippen LogP contribution in [0.15, 0.2) is 41.3 Å². The Kier molecular flexibility index (Phi) is 6.92. The summed E-state index contributed by atoms with van der Waals surface area (Å²) in [5, 5.41) is 3.41. The third-order valence-corrected chi connectivity index (χ3v) is 7.21. The first-order valence-corrected chi connectivity index (χ1v) is 12.2. The molecule has 33 heavy (non-hydrogen) atoms. The van der Waals surface area contributed by atoms with Crippen molar-refractivity contribution in [3.8, 4) is 0 Å². The minimum Gasteiger partial charge on any atom is -0.353 e. The SMILES string of the molecule is CC(=O)CN(c1ccc2c(c1)CCN2C(=O)N1CCNC(=O)C1)S(=O)c1cc(Cl)cc(Cl)c1. The summed E-state index contributed by atoms with van der Waals surface area (Å²) in [6.45, 7) is 2.77. The number of nitrogens with zero attached hydrogens (tertiary/aromatic N) is 3. The number of ketones is 1. The first-order valence-electron chi connectivity index (χ1n) is 10.3. The Morgan fingerprint density at radius 3 is 2.52 bits per heavy atom. The van der Waals surface area contributed by atoms with Gasteiger partial charge in [-0.1, -0.05) is 23.2 Å². The summed E-state index contributed by atoms with van der Waals surface area (Å²) >= 11 is 12.2. The predicted molar refractivity (Wildman–Crippen MR) is 128 cm³/mol. The van der Waals surface area contributed by atoms with Crippen LogP contribution >= 0.6 is 23.2 Å². The summed E-state index contributed by atoms with van der Waals surface area (Å²) in [6, 6.07) is 9.81. The summed E-state index contributed by atoms with van der Waals surface area (Å²) in [5.41, 5.74) is 2.23. The molecule has 1 atom stereocenters. The van der Waals surface area contributed by atoms with Gasteiger partial charge in [-0.15, -0.1) is 0 Å². The fraction of sp³-hybridized carbons (Fsp3) is 0.318. The van der Waals surface area contributed by atoms with E-state index in [-0.39, 0.29) is 30.8 Å². The standard InChI is InChI=1S/C22H22Cl2N4O4S/c1-14(29)12-28(33(32)19-10-16(23)9-17(24)11-19)18-2-3-20-15(8-18)4-6-27(20)22(31)26-7-5-25-21(30)13-26/h2-3,8-11H,4-7,12-13H2,1H3,(H,25,30). The van der Waals surface area contributed by atoms with E-state index < -0.39 is 11.0 Å². The molecule has 2 aromatic rings. The minimum atomic E-state index is -1.72. The lowest BCUT2D eigenvalue weighted by atomic mass is 10.1. The van der Waals surface area contributed by atoms with E-state index in [0.717, 1.165) is 11.3 Å². The number of hydrogen-bond acceptors (Lipinski definition) is 4. The Bertz CT molecular complexity index is 1140. The fourth-order valence-electron chi connectivity index (χ4n) is 3.92. The van der Waals surface area contributed by atoms with E-state index in [1.54, 1.807) is 35.2 Å². The van der Waals surface area contributed by atoms with Crippen LogP contribution in [0.5, 0.6) is 0 Å². The predicted octanol–water partition coefficient (Wildman–Crippen LogP) is 3.03. The van der Waals surface area contributed by atoms with Crippen LogP contribution in [-0.4, -0.2) is 59.6 Å². The summed E-state index contributed by atoms with van der Waals surface area (Å²) in [7, 11) is -1.72. The zero-order valence-electron chi connectivity index (χ0n) is 17.8. The topological polar surface area (TPSA) is 90.0 Å². The second kappa shape index (κ2) is 9.70. The van der Waals surface area contributed by atoms with Gasteiger partial charge in [0.2, 0.25) is 5.91 Å². The number of fused-ring (bicyclic) bond motifs is 1. The van der Waals surface area contributed by atoms with Crippen molar-refractivity contribution in [2.75, 3.05) is 41.9 Å². The number of piperazine rings is 1. The number of nitrogens with one attached hydrogen (secondary N) is 1. The number of Topliss-reactive ketones (excluding diaryl/α,β-unsaturated/α-hetero) is 1. The second-order valence-electron chi connectivity index (χ2n) is 7.86. The second-order valence-corrected chi connectivity index (χ2v) is 10.1. The van der Waals surface area contributed by atoms with Gasteiger partial charge in [0.05, 0.1) is 17.1 Å². The van der Waals surface area contributed by atoms with Crippen molar-refractivity contribution >= 4 is 63.3 Å². The van der Waals surface area contributed by atoms with E-state index in [0.29, 0.717) is 46.7 Å². The summed E-state index contributed by atoms with van der Waals surface area (Å²) in [5.74, 6) is -0.329. The van der Waals surface area contributed by atoms with E-state index in [1.807, 2.05) is 6.07 Å². The summed E-state index contributed by atoms with van der Waals surface area (Å²) in [4.78, 5) is 40.2. The van der Waals surface area contributed by atoms with Crippen molar-refractivity contribution in [3.63, 3.8) is 0 Å². The Morgan fingerprint density at radius 1 is 1.12 bits per heavy atom. The van der Waals surface area contributed by atoms with Crippen LogP contribution < -0.4 is 14.5 Å². The summed E-state index contributed by atoms with van der Waals surface area (Å²) < 4.78 is 14.8. The quantitative estimate of drug-likeness (QED) is 0.671. The molecule has 0 spiro atoms. The number of hydrogen-bond donors (Lipinski definition) is 1. The van der Waals surface area contributed by atoms with Gasteiger partial charge in [0, 0.05) is 35.4 Å². The number of amides is 3. The molecule has 3 amide bonds. The molecule has 2 aliphatic heterocycles. The highest BCUT2D eigenvalue weighted by Crippen LogP contribution is 2.34. The Balaban J connectivity index is 1.61. The highest BCUT2D eigenvalue weighted by molar-refractivity contribution is 7.86. The molecule has 0 bridgehead atoms. The maximum Gasteiger partial charge on any atom is 0.325 e. The molecule has 4 rings (SSSR count). The van der Waals surface area contributed by atoms with Crippen LogP contribution in [0.25, 0.3) is 0 Å². The lowest BCUT2D eigenvalue weighted by Gasteiger charge is -2.31. The lowest BCUT2D eigenvalue weighted by Crippen LogP contribution is -2.53. The molecule has 174 valence electrons. The number of anilines is 2. The number of benzene rings is 2. The van der Waals surface area contributed by atoms with Crippen molar-refractivity contribution in [2.24, 2.45) is 0 Å². The van der Waals surface area contributed by atoms with Gasteiger partial charge in [-0.25, -0.2) is 9.00 Å². The van der Waals surface area contributed by atoms with E-state index in [2.05, 4.69) is 5.32 Å². The van der Waals surface area contributed by atoms with Crippen LogP contribution in [0, 0.1) is 0 Å². The molecule has 0 radical (unpaired) electrons. The third-order valence-electron chi connectivity index (χ3n) is 5.39. The molecule has 1 N–H and O–H groups in total. The van der Waals surface area contributed by atoms with Crippen LogP contribution in [0.2, 0.25) is 10.0 Å². The normalized spacial score (nSPS) is 16.3. The molecule has 2 heterocycles. The average Bonchev–Trinajstić information content (AvgIpc) is 3.19. The number of carbonyl (C=O) groups is 3. The van der Waals surface area contributed by atoms with E-state index in [4.69, 9.17) is 23.2 Å². The van der Waals surface area contributed by atoms with Crippen LogP contribution in [-0.2, 0) is 27.0 Å². The highest BCUT2D eigenvalue weighted by atomic mass is 35.5. The molecule has 2 aliphatic rings. The maximum absolute atomic E-state index is 13.4. The van der Waals surface area contributed by atoms with Gasteiger partial charge < -0.3 is 10.2 Å². The first kappa shape index (κ1) is 23.5. The Morgan fingerprint density at radius 2 is 1.85 bits per heavy atom. The van der Waals surface area contributed by atoms with E-state index >= 15 is 0 Å². The molecule has 2 aromatic carbocycles. The highest BCUT2D eigenvalue weighted by Gasteiger charge is 2.31. The maximum atomic E-state index is 13.4. The van der Waals surface area contributed by atoms with Crippen molar-refractivity contribution in [3.05, 3.63) is 52.0 Å². The molecule has 0 saturated carbocycles. The fourth-order valence-corrected chi connectivity index (χ4v) is 5.89. The zero-order valence-corrected chi connectivity index (χ0v) is 20.2. The number of urea groups is 1. The minimum absolute atomic E-state index is 0.0380. The van der Waals surface area contributed by atoms with Crippen molar-refractivity contribution in [1.29, 1.82) is 0 Å². The van der Waals surface area contributed by atoms with Gasteiger partial charge in [0.15, 0.2) is 11.0 Å². The lowest BCUT2D eigenvalue weighted by molar-refractivity contribution is -0.123. The molecular weight excluding hydrogens is 487 g/mol. The molecule has 8 nitrogen and oxygen atoms in total. The Hall–Kier alpha value is -2.62. The largest absolute Gasteiger partial charge is 0.353 e. The van der Waals surface area contributed by atoms with Crippen molar-refractivity contribution < 1.29 is 18.6 Å². The van der Waals surface area contributed by atoms with Gasteiger partial charge in [-0.05, 0) is 55.3 Å². The van der Waals surface area contributed by atoms with Gasteiger partial charge in [0.25, 0.3) is 0 Å². The number of carbonyl (C=O) groups excluding carboxylic acids is 3. The molecule has 11 heteroatoms. The number of halogens is 2. The van der Waals surface area contributed by atoms with E-state index in [9.17, 15) is 18.6 Å². The van der Waals surface area contributed by atoms with Gasteiger partial charge in [-0.2, -0.15) is 0 Å². The zero-order chi connectivity index (χ0) is 23.7. The number of rotatable bonds is 5. The Labute approximate surface area is 204 Å². The summed E-state index contributed by atoms with van der Waals surface area (Å²) in [6.07, 6.45) is 0.610. The molecule has 0 aromatic heterocycles. The van der Waals surface area contributed by atoms with Gasteiger partial charge in [-0.3, -0.25) is 18.8 Å². The monoisotopic (exact) mass is 508 g/mol. The van der Waals surface area contributed by atoms with Crippen molar-refractivity contribution in [1.82, 2.24) is 10.2 Å². The smallest absolute Gasteiger partial charge is 0.325 e. The first-order chi connectivity index (χ1) is 15.7. The van der Waals surface area contributed by atoms with Gasteiger partial charge >= 0.3 is 6.03 Å². The van der Waals surface area contributed by atoms with Gasteiger partial charge in [0.1, 0.15) is 12.3 Å². The van der Waals surface area contributed by atoms with Crippen molar-refractivity contribution in [2.45, 2.75) is 18.2 Å². The molecule has 1 unspecified atom stereocenters. The third kappa shape index (κ3) is 5.15. The molecule has 1 fully saturated rings. The molecule has 1 saturated heterocycles. The van der Waals surface area contributed by atoms with Crippen LogP contribution in [0.4, 0.5) is 16.2 Å².